The lowest BCUT2D eigenvalue weighted by Crippen LogP contribution is -1.98. The highest BCUT2D eigenvalue weighted by Crippen LogP contribution is 2.09. The Balaban J connectivity index is 0. The molecule has 4 heteroatoms. The molecule has 0 saturated carbocycles. The summed E-state index contributed by atoms with van der Waals surface area (Å²) in [5.74, 6) is -1.72. The number of carbonyl (C=O) groups is 2. The van der Waals surface area contributed by atoms with Gasteiger partial charge in [0.25, 0.3) is 0 Å². The molecule has 4 nitrogen and oxygen atoms in total. The molecular formula is C19H34O4. The minimum absolute atomic E-state index is 0.334. The summed E-state index contributed by atoms with van der Waals surface area (Å²) < 4.78 is 0. The molecule has 0 fully saturated rings. The summed E-state index contributed by atoms with van der Waals surface area (Å²) >= 11 is 0. The molecular weight excluding hydrogens is 292 g/mol. The van der Waals surface area contributed by atoms with E-state index >= 15 is 0 Å². The van der Waals surface area contributed by atoms with Gasteiger partial charge in [-0.3, -0.25) is 0 Å². The van der Waals surface area contributed by atoms with Crippen molar-refractivity contribution in [2.24, 2.45) is 0 Å². The lowest BCUT2D eigenvalue weighted by atomic mass is 10.1. The Hall–Kier alpha value is -1.58. The molecule has 0 aliphatic rings. The van der Waals surface area contributed by atoms with Gasteiger partial charge < -0.3 is 10.2 Å². The maximum atomic E-state index is 10.3. The largest absolute Gasteiger partial charge is 0.478 e. The van der Waals surface area contributed by atoms with Gasteiger partial charge in [-0.15, -0.1) is 0 Å². The molecule has 2 N–H and O–H groups in total. The Morgan fingerprint density at radius 2 is 0.957 bits per heavy atom. The Labute approximate surface area is 141 Å². The van der Waals surface area contributed by atoms with Crippen molar-refractivity contribution >= 4 is 11.9 Å². The predicted octanol–water partition coefficient (Wildman–Crippen LogP) is 5.59. The average Bonchev–Trinajstić information content (AvgIpc) is 2.51. The summed E-state index contributed by atoms with van der Waals surface area (Å²) in [7, 11) is 0. The first kappa shape index (κ1) is 23.7. The summed E-state index contributed by atoms with van der Waals surface area (Å²) in [5.41, 5.74) is 0.674. The minimum Gasteiger partial charge on any atom is -0.478 e. The van der Waals surface area contributed by atoms with Crippen LogP contribution < -0.4 is 0 Å². The Morgan fingerprint density at radius 1 is 0.652 bits per heavy atom. The van der Waals surface area contributed by atoms with E-state index < -0.39 is 11.9 Å². The molecule has 0 radical (unpaired) electrons. The van der Waals surface area contributed by atoms with Gasteiger partial charge in [0.15, 0.2) is 0 Å². The normalized spacial score (nSPS) is 9.65. The van der Waals surface area contributed by atoms with Crippen molar-refractivity contribution < 1.29 is 19.8 Å². The molecule has 0 aliphatic carbocycles. The van der Waals surface area contributed by atoms with Gasteiger partial charge in [0.05, 0.1) is 0 Å². The Morgan fingerprint density at radius 3 is 1.26 bits per heavy atom. The van der Waals surface area contributed by atoms with Gasteiger partial charge in [-0.25, -0.2) is 9.59 Å². The number of unbranched alkanes of at least 4 members (excludes halogenated alkanes) is 7. The van der Waals surface area contributed by atoms with Crippen LogP contribution in [-0.2, 0) is 9.59 Å². The van der Waals surface area contributed by atoms with Crippen LogP contribution in [0.4, 0.5) is 0 Å². The second-order valence-electron chi connectivity index (χ2n) is 5.79. The van der Waals surface area contributed by atoms with Crippen LogP contribution in [0.5, 0.6) is 0 Å². The van der Waals surface area contributed by atoms with Crippen LogP contribution in [0.15, 0.2) is 24.3 Å². The summed E-state index contributed by atoms with van der Waals surface area (Å²) in [5, 5.41) is 16.9. The standard InChI is InChI=1S/C10H18O2.C9H16O2/c1-3-4-5-6-7-8-9(2)10(11)12;1-3-4-5-6-7-8(2)9(10)11/h2-8H2,1H3,(H,11,12);2-7H2,1H3,(H,10,11). The van der Waals surface area contributed by atoms with E-state index in [1.807, 2.05) is 0 Å². The quantitative estimate of drug-likeness (QED) is 0.342. The first-order valence-corrected chi connectivity index (χ1v) is 8.68. The smallest absolute Gasteiger partial charge is 0.330 e. The van der Waals surface area contributed by atoms with E-state index in [9.17, 15) is 9.59 Å². The van der Waals surface area contributed by atoms with Gasteiger partial charge >= 0.3 is 11.9 Å². The highest BCUT2D eigenvalue weighted by atomic mass is 16.4. The van der Waals surface area contributed by atoms with Gasteiger partial charge in [0, 0.05) is 11.1 Å². The van der Waals surface area contributed by atoms with Crippen LogP contribution >= 0.6 is 0 Å². The molecule has 0 aromatic rings. The molecule has 23 heavy (non-hydrogen) atoms. The van der Waals surface area contributed by atoms with Gasteiger partial charge in [0.2, 0.25) is 0 Å². The van der Waals surface area contributed by atoms with Gasteiger partial charge in [0.1, 0.15) is 0 Å². The SMILES string of the molecule is C=C(CCCCCC)C(=O)O.C=C(CCCCCCC)C(=O)O. The van der Waals surface area contributed by atoms with E-state index in [2.05, 4.69) is 27.0 Å². The number of hydrogen-bond donors (Lipinski definition) is 2. The van der Waals surface area contributed by atoms with E-state index in [4.69, 9.17) is 10.2 Å². The molecule has 0 atom stereocenters. The zero-order valence-corrected chi connectivity index (χ0v) is 14.9. The molecule has 0 aliphatic heterocycles. The molecule has 0 rings (SSSR count). The topological polar surface area (TPSA) is 74.6 Å². The lowest BCUT2D eigenvalue weighted by Gasteiger charge is -1.99. The van der Waals surface area contributed by atoms with E-state index in [1.165, 1.54) is 32.1 Å². The fourth-order valence-corrected chi connectivity index (χ4v) is 1.92. The Kier molecular flexibility index (Phi) is 17.3. The fourth-order valence-electron chi connectivity index (χ4n) is 1.92. The van der Waals surface area contributed by atoms with Crippen molar-refractivity contribution in [3.8, 4) is 0 Å². The van der Waals surface area contributed by atoms with Crippen molar-refractivity contribution in [1.29, 1.82) is 0 Å². The second kappa shape index (κ2) is 16.8. The molecule has 134 valence electrons. The van der Waals surface area contributed by atoms with Gasteiger partial charge in [-0.1, -0.05) is 72.0 Å². The molecule has 0 unspecified atom stereocenters. The maximum absolute atomic E-state index is 10.3. The first-order valence-electron chi connectivity index (χ1n) is 8.68. The Bertz CT molecular complexity index is 358. The third kappa shape index (κ3) is 18.4. The van der Waals surface area contributed by atoms with Crippen molar-refractivity contribution in [2.75, 3.05) is 0 Å². The summed E-state index contributed by atoms with van der Waals surface area (Å²) in [4.78, 5) is 20.6. The number of carboxylic acid groups (broad SMARTS) is 2. The zero-order valence-electron chi connectivity index (χ0n) is 14.9. The van der Waals surface area contributed by atoms with Crippen LogP contribution in [0.2, 0.25) is 0 Å². The second-order valence-corrected chi connectivity index (χ2v) is 5.79. The third-order valence-electron chi connectivity index (χ3n) is 3.52. The molecule has 0 bridgehead atoms. The van der Waals surface area contributed by atoms with E-state index in [1.54, 1.807) is 0 Å². The van der Waals surface area contributed by atoms with Crippen LogP contribution in [0.25, 0.3) is 0 Å². The molecule has 0 spiro atoms. The van der Waals surface area contributed by atoms with Crippen LogP contribution in [0.3, 0.4) is 0 Å². The number of rotatable bonds is 13. The highest BCUT2D eigenvalue weighted by Gasteiger charge is 2.02. The maximum Gasteiger partial charge on any atom is 0.330 e. The predicted molar refractivity (Wildman–Crippen MR) is 95.7 cm³/mol. The molecule has 0 saturated heterocycles. The number of aliphatic carboxylic acids is 2. The number of carboxylic acids is 2. The van der Waals surface area contributed by atoms with Gasteiger partial charge in [-0.2, -0.15) is 0 Å². The molecule has 0 amide bonds. The molecule has 0 aromatic carbocycles. The van der Waals surface area contributed by atoms with Crippen LogP contribution in [0, 0.1) is 0 Å². The van der Waals surface area contributed by atoms with E-state index in [0.717, 1.165) is 25.7 Å². The average molecular weight is 326 g/mol. The lowest BCUT2D eigenvalue weighted by molar-refractivity contribution is -0.133. The summed E-state index contributed by atoms with van der Waals surface area (Å²) in [6.45, 7) is 11.2. The fraction of sp³-hybridized carbons (Fsp3) is 0.684. The summed E-state index contributed by atoms with van der Waals surface area (Å²) in [6, 6.07) is 0. The zero-order chi connectivity index (χ0) is 18.1. The van der Waals surface area contributed by atoms with Crippen molar-refractivity contribution in [3.05, 3.63) is 24.3 Å². The number of hydrogen-bond acceptors (Lipinski definition) is 2. The third-order valence-corrected chi connectivity index (χ3v) is 3.52. The first-order chi connectivity index (χ1) is 10.9. The van der Waals surface area contributed by atoms with Crippen LogP contribution in [0.1, 0.15) is 84.5 Å². The van der Waals surface area contributed by atoms with E-state index in [0.29, 0.717) is 24.0 Å². The van der Waals surface area contributed by atoms with Crippen molar-refractivity contribution in [1.82, 2.24) is 0 Å². The van der Waals surface area contributed by atoms with Crippen molar-refractivity contribution in [2.45, 2.75) is 84.5 Å². The highest BCUT2D eigenvalue weighted by molar-refractivity contribution is 5.85. The van der Waals surface area contributed by atoms with E-state index in [-0.39, 0.29) is 0 Å². The van der Waals surface area contributed by atoms with Crippen molar-refractivity contribution in [3.63, 3.8) is 0 Å². The van der Waals surface area contributed by atoms with Gasteiger partial charge in [-0.05, 0) is 25.7 Å². The molecule has 0 aromatic heterocycles. The summed E-state index contributed by atoms with van der Waals surface area (Å²) in [6.07, 6.45) is 11.5. The molecule has 0 heterocycles. The monoisotopic (exact) mass is 326 g/mol. The minimum atomic E-state index is -0.860. The van der Waals surface area contributed by atoms with Crippen LogP contribution in [-0.4, -0.2) is 22.2 Å².